The van der Waals surface area contributed by atoms with E-state index in [-0.39, 0.29) is 17.1 Å². The van der Waals surface area contributed by atoms with Crippen LogP contribution in [0.1, 0.15) is 45.6 Å². The second kappa shape index (κ2) is 6.26. The zero-order valence-electron chi connectivity index (χ0n) is 13.3. The van der Waals surface area contributed by atoms with Crippen LogP contribution in [-0.2, 0) is 4.79 Å². The molecule has 1 aliphatic carbocycles. The van der Waals surface area contributed by atoms with Crippen LogP contribution in [0.5, 0.6) is 0 Å². The monoisotopic (exact) mass is 299 g/mol. The van der Waals surface area contributed by atoms with Gasteiger partial charge in [-0.05, 0) is 30.6 Å². The molecule has 0 radical (unpaired) electrons. The zero-order chi connectivity index (χ0) is 16.3. The Morgan fingerprint density at radius 3 is 2.45 bits per heavy atom. The Morgan fingerprint density at radius 2 is 1.95 bits per heavy atom. The van der Waals surface area contributed by atoms with Crippen LogP contribution in [-0.4, -0.2) is 16.2 Å². The SMILES string of the molecule is CCC1([N+](=O)[O-])CC(C(C)=O)=C(C)/C(=C\c2ccccc2)C1. The topological polar surface area (TPSA) is 60.2 Å². The molecule has 1 atom stereocenters. The minimum atomic E-state index is -1.07. The lowest BCUT2D eigenvalue weighted by Gasteiger charge is -2.32. The van der Waals surface area contributed by atoms with E-state index in [4.69, 9.17) is 0 Å². The number of ketones is 1. The fraction of sp³-hybridized carbons (Fsp3) is 0.389. The molecule has 0 heterocycles. The van der Waals surface area contributed by atoms with E-state index in [2.05, 4.69) is 0 Å². The van der Waals surface area contributed by atoms with Crippen molar-refractivity contribution >= 4 is 11.9 Å². The van der Waals surface area contributed by atoms with Gasteiger partial charge < -0.3 is 0 Å². The van der Waals surface area contributed by atoms with Gasteiger partial charge in [0.25, 0.3) is 0 Å². The highest BCUT2D eigenvalue weighted by Crippen LogP contribution is 2.41. The number of nitrogens with zero attached hydrogens (tertiary/aromatic N) is 1. The number of benzene rings is 1. The van der Waals surface area contributed by atoms with Crippen molar-refractivity contribution in [2.45, 2.75) is 45.6 Å². The van der Waals surface area contributed by atoms with Crippen molar-refractivity contribution in [2.75, 3.05) is 0 Å². The normalized spacial score (nSPS) is 23.7. The summed E-state index contributed by atoms with van der Waals surface area (Å²) in [6.07, 6.45) is 2.97. The van der Waals surface area contributed by atoms with Gasteiger partial charge in [0, 0.05) is 29.8 Å². The van der Waals surface area contributed by atoms with Gasteiger partial charge in [0.1, 0.15) is 0 Å². The summed E-state index contributed by atoms with van der Waals surface area (Å²) in [5, 5.41) is 11.6. The summed E-state index contributed by atoms with van der Waals surface area (Å²) in [5.74, 6) is -0.0733. The standard InChI is InChI=1S/C18H21NO3/c1-4-18(19(21)22)11-16(10-15-8-6-5-7-9-15)13(2)17(12-18)14(3)20/h5-10H,4,11-12H2,1-3H3/b16-10-. The average Bonchev–Trinajstić information content (AvgIpc) is 2.50. The molecular weight excluding hydrogens is 278 g/mol. The van der Waals surface area contributed by atoms with Crippen LogP contribution in [0.2, 0.25) is 0 Å². The number of allylic oxidation sites excluding steroid dienone is 1. The molecule has 116 valence electrons. The zero-order valence-corrected chi connectivity index (χ0v) is 13.3. The molecule has 0 N–H and O–H groups in total. The molecule has 0 bridgehead atoms. The van der Waals surface area contributed by atoms with Gasteiger partial charge in [-0.1, -0.05) is 43.3 Å². The quantitative estimate of drug-likeness (QED) is 0.618. The maximum Gasteiger partial charge on any atom is 0.230 e. The molecule has 1 unspecified atom stereocenters. The molecule has 0 fully saturated rings. The van der Waals surface area contributed by atoms with Crippen LogP contribution in [0.25, 0.3) is 6.08 Å². The van der Waals surface area contributed by atoms with E-state index in [0.717, 1.165) is 16.7 Å². The smallest absolute Gasteiger partial charge is 0.230 e. The van der Waals surface area contributed by atoms with Crippen molar-refractivity contribution in [3.05, 3.63) is 62.7 Å². The van der Waals surface area contributed by atoms with Gasteiger partial charge in [0.05, 0.1) is 0 Å². The third-order valence-corrected chi connectivity index (χ3v) is 4.57. The molecule has 0 saturated carbocycles. The van der Waals surface area contributed by atoms with E-state index >= 15 is 0 Å². The number of hydrogen-bond donors (Lipinski definition) is 0. The molecule has 4 heteroatoms. The Balaban J connectivity index is 2.56. The number of rotatable bonds is 4. The van der Waals surface area contributed by atoms with Crippen LogP contribution < -0.4 is 0 Å². The van der Waals surface area contributed by atoms with Gasteiger partial charge in [0.15, 0.2) is 5.78 Å². The number of carbonyl (C=O) groups excluding carboxylic acids is 1. The maximum absolute atomic E-state index is 11.9. The summed E-state index contributed by atoms with van der Waals surface area (Å²) < 4.78 is 0. The first-order chi connectivity index (χ1) is 10.4. The predicted octanol–water partition coefficient (Wildman–Crippen LogP) is 4.19. The summed E-state index contributed by atoms with van der Waals surface area (Å²) in [5.41, 5.74) is 2.30. The molecule has 0 amide bonds. The van der Waals surface area contributed by atoms with Crippen LogP contribution in [0.15, 0.2) is 47.1 Å². The van der Waals surface area contributed by atoms with Crippen molar-refractivity contribution in [3.8, 4) is 0 Å². The highest BCUT2D eigenvalue weighted by molar-refractivity contribution is 5.95. The third-order valence-electron chi connectivity index (χ3n) is 4.57. The minimum absolute atomic E-state index is 0.0733. The maximum atomic E-state index is 11.9. The van der Waals surface area contributed by atoms with Crippen molar-refractivity contribution in [2.24, 2.45) is 0 Å². The molecule has 2 rings (SSSR count). The van der Waals surface area contributed by atoms with Crippen molar-refractivity contribution in [3.63, 3.8) is 0 Å². The molecule has 1 aromatic rings. The molecule has 1 aliphatic rings. The van der Waals surface area contributed by atoms with Gasteiger partial charge in [-0.15, -0.1) is 0 Å². The number of Topliss-reactive ketones (excluding diaryl/α,β-unsaturated/α-hetero) is 1. The Bertz CT molecular complexity index is 658. The van der Waals surface area contributed by atoms with E-state index in [9.17, 15) is 14.9 Å². The Kier molecular flexibility index (Phi) is 4.59. The molecule has 0 saturated heterocycles. The lowest BCUT2D eigenvalue weighted by Crippen LogP contribution is -2.41. The largest absolute Gasteiger partial charge is 0.295 e. The predicted molar refractivity (Wildman–Crippen MR) is 87.1 cm³/mol. The minimum Gasteiger partial charge on any atom is -0.295 e. The van der Waals surface area contributed by atoms with Gasteiger partial charge in [-0.3, -0.25) is 14.9 Å². The summed E-state index contributed by atoms with van der Waals surface area (Å²) in [6, 6.07) is 9.71. The first-order valence-corrected chi connectivity index (χ1v) is 7.51. The highest BCUT2D eigenvalue weighted by atomic mass is 16.6. The summed E-state index contributed by atoms with van der Waals surface area (Å²) >= 11 is 0. The molecule has 4 nitrogen and oxygen atoms in total. The second-order valence-corrected chi connectivity index (χ2v) is 5.93. The number of nitro groups is 1. The second-order valence-electron chi connectivity index (χ2n) is 5.93. The van der Waals surface area contributed by atoms with E-state index in [1.165, 1.54) is 6.92 Å². The van der Waals surface area contributed by atoms with E-state index in [1.807, 2.05) is 50.3 Å². The molecule has 0 aliphatic heterocycles. The summed E-state index contributed by atoms with van der Waals surface area (Å²) in [6.45, 7) is 5.21. The van der Waals surface area contributed by atoms with Gasteiger partial charge >= 0.3 is 0 Å². The van der Waals surface area contributed by atoms with Crippen LogP contribution in [0.4, 0.5) is 0 Å². The van der Waals surface area contributed by atoms with Gasteiger partial charge in [-0.25, -0.2) is 0 Å². The van der Waals surface area contributed by atoms with Crippen molar-refractivity contribution < 1.29 is 9.72 Å². The first kappa shape index (κ1) is 16.1. The van der Waals surface area contributed by atoms with Crippen LogP contribution in [0, 0.1) is 10.1 Å². The third kappa shape index (κ3) is 3.01. The lowest BCUT2D eigenvalue weighted by molar-refractivity contribution is -0.570. The van der Waals surface area contributed by atoms with Crippen molar-refractivity contribution in [1.29, 1.82) is 0 Å². The van der Waals surface area contributed by atoms with Crippen molar-refractivity contribution in [1.82, 2.24) is 0 Å². The fourth-order valence-electron chi connectivity index (χ4n) is 3.01. The first-order valence-electron chi connectivity index (χ1n) is 7.51. The fourth-order valence-corrected chi connectivity index (χ4v) is 3.01. The Labute approximate surface area is 130 Å². The molecule has 0 spiro atoms. The Hall–Kier alpha value is -2.23. The van der Waals surface area contributed by atoms with Crippen LogP contribution >= 0.6 is 0 Å². The molecular formula is C18H21NO3. The molecule has 22 heavy (non-hydrogen) atoms. The Morgan fingerprint density at radius 1 is 1.32 bits per heavy atom. The van der Waals surface area contributed by atoms with Gasteiger partial charge in [0.2, 0.25) is 5.54 Å². The number of carbonyl (C=O) groups is 1. The van der Waals surface area contributed by atoms with Gasteiger partial charge in [-0.2, -0.15) is 0 Å². The number of hydrogen-bond acceptors (Lipinski definition) is 3. The summed E-state index contributed by atoms with van der Waals surface area (Å²) in [7, 11) is 0. The average molecular weight is 299 g/mol. The molecule has 0 aromatic heterocycles. The highest BCUT2D eigenvalue weighted by Gasteiger charge is 2.46. The van der Waals surface area contributed by atoms with E-state index in [0.29, 0.717) is 18.4 Å². The van der Waals surface area contributed by atoms with E-state index in [1.54, 1.807) is 0 Å². The molecule has 1 aromatic carbocycles. The van der Waals surface area contributed by atoms with E-state index < -0.39 is 5.54 Å². The van der Waals surface area contributed by atoms with Crippen LogP contribution in [0.3, 0.4) is 0 Å². The lowest BCUT2D eigenvalue weighted by atomic mass is 9.73. The summed E-state index contributed by atoms with van der Waals surface area (Å²) in [4.78, 5) is 23.3.